The molecule has 0 atom stereocenters. The molecule has 4 rings (SSSR count). The van der Waals surface area contributed by atoms with Crippen LogP contribution >= 0.6 is 0 Å². The van der Waals surface area contributed by atoms with Gasteiger partial charge in [-0.2, -0.15) is 0 Å². The summed E-state index contributed by atoms with van der Waals surface area (Å²) >= 11 is 0. The quantitative estimate of drug-likeness (QED) is 0.498. The Hall–Kier alpha value is -3.73. The second-order valence-electron chi connectivity index (χ2n) is 6.79. The van der Waals surface area contributed by atoms with Crippen molar-refractivity contribution in [3.05, 3.63) is 96.1 Å². The summed E-state index contributed by atoms with van der Waals surface area (Å²) in [5.74, 6) is 0.505. The summed E-state index contributed by atoms with van der Waals surface area (Å²) in [6, 6.07) is 20.9. The molecule has 1 aromatic heterocycles. The fourth-order valence-electron chi connectivity index (χ4n) is 3.07. The van der Waals surface area contributed by atoms with Gasteiger partial charge in [0, 0.05) is 29.1 Å². The summed E-state index contributed by atoms with van der Waals surface area (Å²) in [4.78, 5) is 7.86. The number of rotatable bonds is 5. The molecule has 0 fully saturated rings. The Bertz CT molecular complexity index is 1130. The van der Waals surface area contributed by atoms with Gasteiger partial charge in [-0.05, 0) is 30.2 Å². The summed E-state index contributed by atoms with van der Waals surface area (Å²) in [5.41, 5.74) is 10.4. The van der Waals surface area contributed by atoms with Crippen LogP contribution < -0.4 is 10.5 Å². The van der Waals surface area contributed by atoms with Crippen LogP contribution in [-0.4, -0.2) is 9.97 Å². The molecule has 0 saturated heterocycles. The molecule has 0 unspecified atom stereocenters. The Morgan fingerprint density at radius 2 is 1.59 bits per heavy atom. The summed E-state index contributed by atoms with van der Waals surface area (Å²) in [5, 5.41) is 0. The summed E-state index contributed by atoms with van der Waals surface area (Å²) in [6.07, 6.45) is 3.03. The van der Waals surface area contributed by atoms with Crippen LogP contribution in [0.15, 0.2) is 79.1 Å². The van der Waals surface area contributed by atoms with Crippen molar-refractivity contribution in [2.45, 2.75) is 13.5 Å². The van der Waals surface area contributed by atoms with Gasteiger partial charge in [0.05, 0.1) is 0 Å². The molecular weight excluding hydrogens is 365 g/mol. The van der Waals surface area contributed by atoms with Crippen molar-refractivity contribution in [2.24, 2.45) is 0 Å². The second kappa shape index (κ2) is 8.10. The van der Waals surface area contributed by atoms with Gasteiger partial charge < -0.3 is 10.5 Å². The van der Waals surface area contributed by atoms with Crippen molar-refractivity contribution in [3.8, 4) is 28.0 Å². The monoisotopic (exact) mass is 385 g/mol. The van der Waals surface area contributed by atoms with E-state index in [-0.39, 0.29) is 11.8 Å². The SMILES string of the molecule is Cc1ccc(COc2ccccc2-c2ccc(-c3cnc(N)nc3)c(F)c2)cc1. The van der Waals surface area contributed by atoms with E-state index >= 15 is 0 Å². The lowest BCUT2D eigenvalue weighted by Gasteiger charge is -2.13. The molecule has 2 N–H and O–H groups in total. The average Bonchev–Trinajstić information content (AvgIpc) is 2.74. The van der Waals surface area contributed by atoms with Crippen LogP contribution in [0.25, 0.3) is 22.3 Å². The first-order valence-electron chi connectivity index (χ1n) is 9.25. The van der Waals surface area contributed by atoms with Crippen LogP contribution in [0.3, 0.4) is 0 Å². The lowest BCUT2D eigenvalue weighted by atomic mass is 10.0. The first-order chi connectivity index (χ1) is 14.1. The number of anilines is 1. The largest absolute Gasteiger partial charge is 0.488 e. The number of ether oxygens (including phenoxy) is 1. The maximum Gasteiger partial charge on any atom is 0.219 e. The number of halogens is 1. The van der Waals surface area contributed by atoms with Gasteiger partial charge in [0.1, 0.15) is 18.2 Å². The molecule has 0 aliphatic heterocycles. The van der Waals surface area contributed by atoms with Crippen LogP contribution in [0, 0.1) is 12.7 Å². The molecular formula is C24H20FN3O. The third kappa shape index (κ3) is 4.24. The minimum absolute atomic E-state index is 0.158. The summed E-state index contributed by atoms with van der Waals surface area (Å²) in [6.45, 7) is 2.50. The Labute approximate surface area is 168 Å². The standard InChI is InChI=1S/C24H20FN3O/c1-16-6-8-17(9-7-16)15-29-23-5-3-2-4-21(23)18-10-11-20(22(25)12-18)19-13-27-24(26)28-14-19/h2-14H,15H2,1H3,(H2,26,27,28). The highest BCUT2D eigenvalue weighted by Gasteiger charge is 2.11. The molecule has 0 aliphatic rings. The van der Waals surface area contributed by atoms with Gasteiger partial charge in [-0.3, -0.25) is 0 Å². The van der Waals surface area contributed by atoms with E-state index in [1.807, 2.05) is 42.5 Å². The van der Waals surface area contributed by atoms with Gasteiger partial charge in [0.25, 0.3) is 0 Å². The van der Waals surface area contributed by atoms with E-state index in [4.69, 9.17) is 10.5 Å². The molecule has 144 valence electrons. The highest BCUT2D eigenvalue weighted by molar-refractivity contribution is 5.74. The van der Waals surface area contributed by atoms with E-state index in [1.54, 1.807) is 6.07 Å². The number of nitrogens with two attached hydrogens (primary N) is 1. The molecule has 0 amide bonds. The molecule has 3 aromatic carbocycles. The average molecular weight is 385 g/mol. The van der Waals surface area contributed by atoms with Crippen LogP contribution in [-0.2, 0) is 6.61 Å². The lowest BCUT2D eigenvalue weighted by molar-refractivity contribution is 0.307. The molecule has 0 bridgehead atoms. The Morgan fingerprint density at radius 1 is 0.862 bits per heavy atom. The predicted molar refractivity (Wildman–Crippen MR) is 113 cm³/mol. The Morgan fingerprint density at radius 3 is 2.31 bits per heavy atom. The van der Waals surface area contributed by atoms with Gasteiger partial charge in [0.15, 0.2) is 0 Å². The fraction of sp³-hybridized carbons (Fsp3) is 0.0833. The van der Waals surface area contributed by atoms with Crippen LogP contribution in [0.1, 0.15) is 11.1 Å². The number of para-hydroxylation sites is 1. The number of nitrogen functional groups attached to an aromatic ring is 1. The number of aryl methyl sites for hydroxylation is 1. The van der Waals surface area contributed by atoms with Crippen molar-refractivity contribution in [1.29, 1.82) is 0 Å². The molecule has 1 heterocycles. The number of aromatic nitrogens is 2. The minimum atomic E-state index is -0.357. The number of hydrogen-bond acceptors (Lipinski definition) is 4. The molecule has 5 heteroatoms. The maximum atomic E-state index is 14.8. The van der Waals surface area contributed by atoms with E-state index in [9.17, 15) is 4.39 Å². The highest BCUT2D eigenvalue weighted by Crippen LogP contribution is 2.33. The maximum absolute atomic E-state index is 14.8. The third-order valence-corrected chi connectivity index (χ3v) is 4.66. The molecule has 0 aliphatic carbocycles. The van der Waals surface area contributed by atoms with Gasteiger partial charge in [-0.1, -0.05) is 60.2 Å². The highest BCUT2D eigenvalue weighted by atomic mass is 19.1. The third-order valence-electron chi connectivity index (χ3n) is 4.66. The van der Waals surface area contributed by atoms with Crippen LogP contribution in [0.4, 0.5) is 10.3 Å². The van der Waals surface area contributed by atoms with Crippen molar-refractivity contribution in [1.82, 2.24) is 9.97 Å². The molecule has 29 heavy (non-hydrogen) atoms. The lowest BCUT2D eigenvalue weighted by Crippen LogP contribution is -1.97. The van der Waals surface area contributed by atoms with Crippen molar-refractivity contribution in [3.63, 3.8) is 0 Å². The topological polar surface area (TPSA) is 61.0 Å². The first-order valence-corrected chi connectivity index (χ1v) is 9.25. The number of hydrogen-bond donors (Lipinski definition) is 1. The van der Waals surface area contributed by atoms with Crippen LogP contribution in [0.5, 0.6) is 5.75 Å². The molecule has 4 aromatic rings. The van der Waals surface area contributed by atoms with Gasteiger partial charge in [0.2, 0.25) is 5.95 Å². The van der Waals surface area contributed by atoms with Gasteiger partial charge in [-0.25, -0.2) is 14.4 Å². The number of nitrogens with zero attached hydrogens (tertiary/aromatic N) is 2. The number of benzene rings is 3. The van der Waals surface area contributed by atoms with E-state index in [1.165, 1.54) is 24.0 Å². The van der Waals surface area contributed by atoms with Crippen molar-refractivity contribution in [2.75, 3.05) is 5.73 Å². The zero-order valence-corrected chi connectivity index (χ0v) is 16.0. The van der Waals surface area contributed by atoms with Crippen molar-refractivity contribution < 1.29 is 9.13 Å². The molecule has 0 spiro atoms. The summed E-state index contributed by atoms with van der Waals surface area (Å²) < 4.78 is 20.8. The van der Waals surface area contributed by atoms with Gasteiger partial charge >= 0.3 is 0 Å². The Kier molecular flexibility index (Phi) is 5.20. The van der Waals surface area contributed by atoms with E-state index in [0.717, 1.165) is 16.7 Å². The normalized spacial score (nSPS) is 10.7. The van der Waals surface area contributed by atoms with E-state index in [2.05, 4.69) is 29.0 Å². The van der Waals surface area contributed by atoms with E-state index < -0.39 is 0 Å². The van der Waals surface area contributed by atoms with Crippen molar-refractivity contribution >= 4 is 5.95 Å². The molecule has 4 nitrogen and oxygen atoms in total. The van der Waals surface area contributed by atoms with Gasteiger partial charge in [-0.15, -0.1) is 0 Å². The van der Waals surface area contributed by atoms with Crippen LogP contribution in [0.2, 0.25) is 0 Å². The molecule has 0 radical (unpaired) electrons. The second-order valence-corrected chi connectivity index (χ2v) is 6.79. The smallest absolute Gasteiger partial charge is 0.219 e. The fourth-order valence-corrected chi connectivity index (χ4v) is 3.07. The minimum Gasteiger partial charge on any atom is -0.488 e. The van der Waals surface area contributed by atoms with E-state index in [0.29, 0.717) is 23.5 Å². The Balaban J connectivity index is 1.60. The molecule has 0 saturated carbocycles. The first kappa shape index (κ1) is 18.6. The zero-order chi connectivity index (χ0) is 20.2. The zero-order valence-electron chi connectivity index (χ0n) is 16.0. The summed E-state index contributed by atoms with van der Waals surface area (Å²) in [7, 11) is 0. The predicted octanol–water partition coefficient (Wildman–Crippen LogP) is 5.42.